The molecule has 1 rings (SSSR count). The van der Waals surface area contributed by atoms with Crippen LogP contribution in [-0.2, 0) is 0 Å². The van der Waals surface area contributed by atoms with E-state index in [9.17, 15) is 9.18 Å². The topological polar surface area (TPSA) is 29.1 Å². The maximum absolute atomic E-state index is 12.6. The van der Waals surface area contributed by atoms with Gasteiger partial charge in [0.2, 0.25) is 0 Å². The molecule has 1 aromatic carbocycles. The molecule has 0 fully saturated rings. The van der Waals surface area contributed by atoms with Crippen LogP contribution in [0.25, 0.3) is 0 Å². The number of carbonyl (C=O) groups excluding carboxylic acids is 1. The van der Waals surface area contributed by atoms with Gasteiger partial charge in [-0.1, -0.05) is 6.92 Å². The molecule has 2 nitrogen and oxygen atoms in total. The summed E-state index contributed by atoms with van der Waals surface area (Å²) in [6.07, 6.45) is 0.729. The highest BCUT2D eigenvalue weighted by molar-refractivity contribution is 6.00. The van der Waals surface area contributed by atoms with Crippen molar-refractivity contribution in [3.05, 3.63) is 35.6 Å². The zero-order chi connectivity index (χ0) is 10.6. The van der Waals surface area contributed by atoms with Crippen LogP contribution in [-0.4, -0.2) is 18.9 Å². The van der Waals surface area contributed by atoms with Gasteiger partial charge in [-0.2, -0.15) is 0 Å². The van der Waals surface area contributed by atoms with Gasteiger partial charge in [0, 0.05) is 5.56 Å². The Kier molecular flexibility index (Phi) is 3.77. The summed E-state index contributed by atoms with van der Waals surface area (Å²) in [7, 11) is 1.75. The number of carbonyl (C=O) groups is 1. The third-order valence-electron chi connectivity index (χ3n) is 2.20. The van der Waals surface area contributed by atoms with Gasteiger partial charge in [-0.05, 0) is 37.7 Å². The lowest BCUT2D eigenvalue weighted by Crippen LogP contribution is -2.33. The lowest BCUT2D eigenvalue weighted by molar-refractivity contribution is 0.0945. The third-order valence-corrected chi connectivity index (χ3v) is 2.20. The minimum absolute atomic E-state index is 0.00926. The quantitative estimate of drug-likeness (QED) is 0.744. The Morgan fingerprint density at radius 2 is 2.00 bits per heavy atom. The Balaban J connectivity index is 2.83. The van der Waals surface area contributed by atoms with Crippen LogP contribution >= 0.6 is 0 Å². The smallest absolute Gasteiger partial charge is 0.179 e. The molecule has 1 N–H and O–H groups in total. The molecule has 0 aliphatic rings. The first kappa shape index (κ1) is 10.9. The van der Waals surface area contributed by atoms with Crippen molar-refractivity contribution in [2.45, 2.75) is 19.4 Å². The maximum atomic E-state index is 12.6. The lowest BCUT2D eigenvalue weighted by atomic mass is 10.0. The standard InChI is InChI=1S/C11H14FNO/c1-3-10(13-2)11(14)8-4-6-9(12)7-5-8/h4-7,10,13H,3H2,1-2H3/t10-/m0/s1. The summed E-state index contributed by atoms with van der Waals surface area (Å²) >= 11 is 0. The van der Waals surface area contributed by atoms with Crippen LogP contribution in [0.2, 0.25) is 0 Å². The summed E-state index contributed by atoms with van der Waals surface area (Å²) in [6.45, 7) is 1.93. The third kappa shape index (κ3) is 2.39. The van der Waals surface area contributed by atoms with Crippen LogP contribution in [0, 0.1) is 5.82 Å². The molecule has 0 unspecified atom stereocenters. The van der Waals surface area contributed by atoms with E-state index in [4.69, 9.17) is 0 Å². The molecular weight excluding hydrogens is 181 g/mol. The zero-order valence-corrected chi connectivity index (χ0v) is 8.38. The molecule has 0 aliphatic carbocycles. The average molecular weight is 195 g/mol. The molecule has 0 saturated carbocycles. The second-order valence-electron chi connectivity index (χ2n) is 3.12. The van der Waals surface area contributed by atoms with Crippen molar-refractivity contribution in [1.82, 2.24) is 5.32 Å². The summed E-state index contributed by atoms with van der Waals surface area (Å²) in [5, 5.41) is 2.92. The number of likely N-dealkylation sites (N-methyl/N-ethyl adjacent to an activating group) is 1. The molecule has 1 aromatic rings. The molecule has 0 spiro atoms. The molecule has 0 bridgehead atoms. The van der Waals surface area contributed by atoms with E-state index in [0.717, 1.165) is 6.42 Å². The Morgan fingerprint density at radius 1 is 1.43 bits per heavy atom. The second kappa shape index (κ2) is 4.86. The van der Waals surface area contributed by atoms with Gasteiger partial charge in [-0.3, -0.25) is 4.79 Å². The number of hydrogen-bond acceptors (Lipinski definition) is 2. The number of Topliss-reactive ketones (excluding diaryl/α,β-unsaturated/α-hetero) is 1. The highest BCUT2D eigenvalue weighted by Crippen LogP contribution is 2.07. The molecule has 14 heavy (non-hydrogen) atoms. The van der Waals surface area contributed by atoms with Crippen molar-refractivity contribution in [1.29, 1.82) is 0 Å². The van der Waals surface area contributed by atoms with Gasteiger partial charge in [0.15, 0.2) is 5.78 Å². The van der Waals surface area contributed by atoms with E-state index in [1.165, 1.54) is 24.3 Å². The normalized spacial score (nSPS) is 12.5. The molecule has 0 heterocycles. The first-order valence-electron chi connectivity index (χ1n) is 4.66. The van der Waals surface area contributed by atoms with Crippen LogP contribution < -0.4 is 5.32 Å². The summed E-state index contributed by atoms with van der Waals surface area (Å²) < 4.78 is 12.6. The van der Waals surface area contributed by atoms with Gasteiger partial charge in [0.05, 0.1) is 6.04 Å². The molecule has 3 heteroatoms. The molecular formula is C11H14FNO. The summed E-state index contributed by atoms with van der Waals surface area (Å²) in [5.74, 6) is -0.311. The van der Waals surface area contributed by atoms with Crippen LogP contribution in [0.1, 0.15) is 23.7 Å². The Labute approximate surface area is 83.1 Å². The maximum Gasteiger partial charge on any atom is 0.179 e. The van der Waals surface area contributed by atoms with Crippen LogP contribution in [0.5, 0.6) is 0 Å². The van der Waals surface area contributed by atoms with Gasteiger partial charge in [0.25, 0.3) is 0 Å². The van der Waals surface area contributed by atoms with Crippen LogP contribution in [0.3, 0.4) is 0 Å². The fourth-order valence-corrected chi connectivity index (χ4v) is 1.34. The lowest BCUT2D eigenvalue weighted by Gasteiger charge is -2.11. The van der Waals surface area contributed by atoms with Crippen molar-refractivity contribution >= 4 is 5.78 Å². The SMILES string of the molecule is CC[C@H](NC)C(=O)c1ccc(F)cc1. The van der Waals surface area contributed by atoms with Gasteiger partial charge < -0.3 is 5.32 Å². The van der Waals surface area contributed by atoms with Crippen LogP contribution in [0.15, 0.2) is 24.3 Å². The summed E-state index contributed by atoms with van der Waals surface area (Å²) in [4.78, 5) is 11.7. The first-order valence-corrected chi connectivity index (χ1v) is 4.66. The predicted molar refractivity (Wildman–Crippen MR) is 53.9 cm³/mol. The Bertz CT molecular complexity index is 304. The number of nitrogens with one attached hydrogen (secondary N) is 1. The Morgan fingerprint density at radius 3 is 2.43 bits per heavy atom. The van der Waals surface area contributed by atoms with Crippen molar-refractivity contribution < 1.29 is 9.18 Å². The number of hydrogen-bond donors (Lipinski definition) is 1. The van der Waals surface area contributed by atoms with Crippen molar-refractivity contribution in [3.63, 3.8) is 0 Å². The zero-order valence-electron chi connectivity index (χ0n) is 8.38. The van der Waals surface area contributed by atoms with E-state index in [0.29, 0.717) is 5.56 Å². The van der Waals surface area contributed by atoms with E-state index in [1.807, 2.05) is 6.92 Å². The van der Waals surface area contributed by atoms with E-state index >= 15 is 0 Å². The van der Waals surface area contributed by atoms with E-state index in [1.54, 1.807) is 7.05 Å². The van der Waals surface area contributed by atoms with Crippen molar-refractivity contribution in [3.8, 4) is 0 Å². The van der Waals surface area contributed by atoms with Crippen LogP contribution in [0.4, 0.5) is 4.39 Å². The van der Waals surface area contributed by atoms with E-state index < -0.39 is 0 Å². The predicted octanol–water partition coefficient (Wildman–Crippen LogP) is 2.01. The molecule has 0 radical (unpaired) electrons. The highest BCUT2D eigenvalue weighted by atomic mass is 19.1. The summed E-state index contributed by atoms with van der Waals surface area (Å²) in [5.41, 5.74) is 0.549. The van der Waals surface area contributed by atoms with Gasteiger partial charge in [-0.15, -0.1) is 0 Å². The van der Waals surface area contributed by atoms with Crippen molar-refractivity contribution in [2.75, 3.05) is 7.05 Å². The van der Waals surface area contributed by atoms with Gasteiger partial charge in [-0.25, -0.2) is 4.39 Å². The minimum Gasteiger partial charge on any atom is -0.310 e. The Hall–Kier alpha value is -1.22. The highest BCUT2D eigenvalue weighted by Gasteiger charge is 2.15. The second-order valence-corrected chi connectivity index (χ2v) is 3.12. The number of benzene rings is 1. The summed E-state index contributed by atoms with van der Waals surface area (Å²) in [6, 6.07) is 5.45. The van der Waals surface area contributed by atoms with Crippen molar-refractivity contribution in [2.24, 2.45) is 0 Å². The molecule has 76 valence electrons. The fourth-order valence-electron chi connectivity index (χ4n) is 1.34. The molecule has 1 atom stereocenters. The van der Waals surface area contributed by atoms with E-state index in [-0.39, 0.29) is 17.6 Å². The molecule has 0 saturated heterocycles. The minimum atomic E-state index is -0.320. The average Bonchev–Trinajstić information content (AvgIpc) is 2.20. The molecule has 0 amide bonds. The largest absolute Gasteiger partial charge is 0.310 e. The number of halogens is 1. The van der Waals surface area contributed by atoms with E-state index in [2.05, 4.69) is 5.32 Å². The number of rotatable bonds is 4. The molecule has 0 aliphatic heterocycles. The number of ketones is 1. The first-order chi connectivity index (χ1) is 6.69. The monoisotopic (exact) mass is 195 g/mol. The molecule has 0 aromatic heterocycles. The van der Waals surface area contributed by atoms with Gasteiger partial charge in [0.1, 0.15) is 5.82 Å². The fraction of sp³-hybridized carbons (Fsp3) is 0.364. The van der Waals surface area contributed by atoms with Gasteiger partial charge >= 0.3 is 0 Å².